The molecule has 12 nitrogen and oxygen atoms in total. The van der Waals surface area contributed by atoms with E-state index in [0.29, 0.717) is 53.7 Å². The Labute approximate surface area is 287 Å². The first-order valence-corrected chi connectivity index (χ1v) is 17.0. The minimum absolute atomic E-state index is 0.0350. The van der Waals surface area contributed by atoms with Crippen LogP contribution in [0, 0.1) is 5.82 Å². The highest BCUT2D eigenvalue weighted by Crippen LogP contribution is 2.40. The van der Waals surface area contributed by atoms with Gasteiger partial charge < -0.3 is 14.5 Å². The normalized spacial score (nSPS) is 19.0. The molecular formula is C35H36ClFN10O2. The smallest absolute Gasteiger partial charge is 0.319 e. The topological polar surface area (TPSA) is 118 Å². The second-order valence-electron chi connectivity index (χ2n) is 13.2. The number of ether oxygens (including phenoxy) is 1. The van der Waals surface area contributed by atoms with Crippen molar-refractivity contribution in [3.05, 3.63) is 65.3 Å². The molecule has 5 aromatic rings. The third-order valence-electron chi connectivity index (χ3n) is 10.3. The van der Waals surface area contributed by atoms with E-state index in [1.807, 2.05) is 42.3 Å². The number of fused-ring (bicyclic) bond motifs is 3. The van der Waals surface area contributed by atoms with Crippen molar-refractivity contribution in [1.29, 1.82) is 0 Å². The van der Waals surface area contributed by atoms with Crippen LogP contribution in [0.5, 0.6) is 6.01 Å². The molecule has 252 valence electrons. The molecule has 0 N–H and O–H groups in total. The van der Waals surface area contributed by atoms with E-state index in [1.165, 1.54) is 10.9 Å². The highest BCUT2D eigenvalue weighted by Gasteiger charge is 2.45. The Kier molecular flexibility index (Phi) is 8.11. The van der Waals surface area contributed by atoms with Crippen molar-refractivity contribution in [1.82, 2.24) is 45.0 Å². The van der Waals surface area contributed by atoms with Crippen LogP contribution < -0.4 is 9.64 Å². The summed E-state index contributed by atoms with van der Waals surface area (Å²) in [7, 11) is 3.58. The molecule has 1 atom stereocenters. The van der Waals surface area contributed by atoms with Crippen LogP contribution >= 0.6 is 11.6 Å². The first-order valence-electron chi connectivity index (χ1n) is 16.7. The minimum Gasteiger partial charge on any atom is -0.461 e. The van der Waals surface area contributed by atoms with Crippen LogP contribution in [-0.4, -0.2) is 102 Å². The van der Waals surface area contributed by atoms with Crippen LogP contribution in [0.3, 0.4) is 0 Å². The fourth-order valence-electron chi connectivity index (χ4n) is 7.74. The molecular weight excluding hydrogens is 647 g/mol. The van der Waals surface area contributed by atoms with Gasteiger partial charge in [0.1, 0.15) is 23.6 Å². The second-order valence-corrected chi connectivity index (χ2v) is 13.6. The maximum Gasteiger partial charge on any atom is 0.319 e. The lowest BCUT2D eigenvalue weighted by molar-refractivity contribution is -0.124. The predicted octanol–water partition coefficient (Wildman–Crippen LogP) is 4.92. The molecule has 49 heavy (non-hydrogen) atoms. The number of amides is 1. The average Bonchev–Trinajstić information content (AvgIpc) is 3.91. The maximum absolute atomic E-state index is 16.8. The number of hydrogen-bond donors (Lipinski definition) is 0. The highest BCUT2D eigenvalue weighted by molar-refractivity contribution is 6.36. The summed E-state index contributed by atoms with van der Waals surface area (Å²) in [5.41, 5.74) is 0.827. The summed E-state index contributed by atoms with van der Waals surface area (Å²) in [4.78, 5) is 34.8. The van der Waals surface area contributed by atoms with Crippen molar-refractivity contribution < 1.29 is 13.9 Å². The van der Waals surface area contributed by atoms with Gasteiger partial charge in [-0.15, -0.1) is 10.2 Å². The number of aryl methyl sites for hydroxylation is 1. The van der Waals surface area contributed by atoms with Crippen LogP contribution in [0.2, 0.25) is 5.02 Å². The molecule has 8 rings (SSSR count). The molecule has 0 aliphatic carbocycles. The van der Waals surface area contributed by atoms with E-state index in [4.69, 9.17) is 21.3 Å². The summed E-state index contributed by atoms with van der Waals surface area (Å²) in [6, 6.07) is 11.3. The van der Waals surface area contributed by atoms with Crippen molar-refractivity contribution in [2.75, 3.05) is 44.7 Å². The fraction of sp³-hybridized carbons (Fsp3) is 0.400. The van der Waals surface area contributed by atoms with Crippen LogP contribution in [0.25, 0.3) is 39.0 Å². The first kappa shape index (κ1) is 31.5. The Morgan fingerprint density at radius 1 is 1.14 bits per heavy atom. The zero-order valence-electron chi connectivity index (χ0n) is 27.4. The number of benzene rings is 2. The zero-order valence-corrected chi connectivity index (χ0v) is 28.1. The molecule has 3 fully saturated rings. The Balaban J connectivity index is 1.14. The third-order valence-corrected chi connectivity index (χ3v) is 10.6. The van der Waals surface area contributed by atoms with Crippen molar-refractivity contribution in [2.45, 2.75) is 43.7 Å². The number of pyridine rings is 1. The lowest BCUT2D eigenvalue weighted by Gasteiger charge is -2.31. The highest BCUT2D eigenvalue weighted by atomic mass is 35.5. The summed E-state index contributed by atoms with van der Waals surface area (Å²) in [5.74, 6) is 0.142. The molecule has 1 amide bonds. The van der Waals surface area contributed by atoms with Gasteiger partial charge in [-0.2, -0.15) is 14.8 Å². The van der Waals surface area contributed by atoms with Gasteiger partial charge >= 0.3 is 6.01 Å². The number of carbonyl (C=O) groups excluding carboxylic acids is 1. The largest absolute Gasteiger partial charge is 0.461 e. The fourth-order valence-corrected chi connectivity index (χ4v) is 8.03. The van der Waals surface area contributed by atoms with Gasteiger partial charge in [0, 0.05) is 54.4 Å². The zero-order chi connectivity index (χ0) is 33.7. The van der Waals surface area contributed by atoms with Crippen LogP contribution in [0.1, 0.15) is 37.9 Å². The number of tetrazole rings is 1. The molecule has 0 saturated carbocycles. The SMILES string of the molecule is CN(c1nc(OCC23CCCN2CCC3)nc2c(F)c(-c3cccc4cccc(Cl)c34)ncc12)[C@@H]1CCN(C(=O)/C=C/c2nnn(C)n2)C1. The Bertz CT molecular complexity index is 2090. The van der Waals surface area contributed by atoms with Crippen molar-refractivity contribution in [3.8, 4) is 17.3 Å². The molecule has 3 aliphatic rings. The van der Waals surface area contributed by atoms with Crippen molar-refractivity contribution >= 4 is 51.1 Å². The van der Waals surface area contributed by atoms with Gasteiger partial charge in [0.05, 0.1) is 18.0 Å². The molecule has 2 aromatic carbocycles. The molecule has 0 radical (unpaired) electrons. The number of carbonyl (C=O) groups is 1. The number of hydrogen-bond acceptors (Lipinski definition) is 10. The summed E-state index contributed by atoms with van der Waals surface area (Å²) < 4.78 is 23.2. The van der Waals surface area contributed by atoms with E-state index < -0.39 is 5.82 Å². The van der Waals surface area contributed by atoms with Gasteiger partial charge in [-0.25, -0.2) is 4.39 Å². The standard InChI is InChI=1S/C35H36ClFN10O2/c1-44(23-13-18-46(20-23)28(48)12-11-27-41-43-45(2)42-27)33-25-19-38-31(24-9-3-7-22-8-4-10-26(36)29(22)24)30(37)32(25)39-34(40-33)49-21-35-14-5-16-47(35)17-6-15-35/h3-4,7-12,19,23H,5-6,13-18,20-21H2,1-2H3/b12-11+/t23-/m1/s1. The number of likely N-dealkylation sites (tertiary alicyclic amines) is 1. The quantitative estimate of drug-likeness (QED) is 0.209. The van der Waals surface area contributed by atoms with Gasteiger partial charge in [-0.3, -0.25) is 14.7 Å². The van der Waals surface area contributed by atoms with Gasteiger partial charge in [0.25, 0.3) is 0 Å². The van der Waals surface area contributed by atoms with Crippen molar-refractivity contribution in [3.63, 3.8) is 0 Å². The molecule has 0 spiro atoms. The van der Waals surface area contributed by atoms with E-state index in [9.17, 15) is 4.79 Å². The number of anilines is 1. The first-order chi connectivity index (χ1) is 23.8. The summed E-state index contributed by atoms with van der Waals surface area (Å²) in [6.45, 7) is 3.58. The number of rotatable bonds is 8. The third kappa shape index (κ3) is 5.74. The maximum atomic E-state index is 16.8. The predicted molar refractivity (Wildman–Crippen MR) is 185 cm³/mol. The van der Waals surface area contributed by atoms with E-state index in [0.717, 1.165) is 49.5 Å². The monoisotopic (exact) mass is 682 g/mol. The summed E-state index contributed by atoms with van der Waals surface area (Å²) >= 11 is 6.63. The molecule has 3 aromatic heterocycles. The number of halogens is 2. The van der Waals surface area contributed by atoms with E-state index in [1.54, 1.807) is 30.3 Å². The number of likely N-dealkylation sites (N-methyl/N-ethyl adjacent to an activating group) is 1. The van der Waals surface area contributed by atoms with Gasteiger partial charge in [-0.1, -0.05) is 41.9 Å². The van der Waals surface area contributed by atoms with Crippen LogP contribution in [-0.2, 0) is 11.8 Å². The van der Waals surface area contributed by atoms with E-state index in [2.05, 4.69) is 30.3 Å². The molecule has 3 saturated heterocycles. The molecule has 14 heteroatoms. The van der Waals surface area contributed by atoms with Crippen molar-refractivity contribution in [2.24, 2.45) is 7.05 Å². The molecule has 6 heterocycles. The molecule has 0 unspecified atom stereocenters. The van der Waals surface area contributed by atoms with Crippen LogP contribution in [0.15, 0.2) is 48.7 Å². The average molecular weight is 683 g/mol. The van der Waals surface area contributed by atoms with E-state index in [-0.39, 0.29) is 34.7 Å². The van der Waals surface area contributed by atoms with Crippen LogP contribution in [0.4, 0.5) is 10.2 Å². The molecule has 0 bridgehead atoms. The Morgan fingerprint density at radius 3 is 2.71 bits per heavy atom. The van der Waals surface area contributed by atoms with Gasteiger partial charge in [0.2, 0.25) is 5.91 Å². The lowest BCUT2D eigenvalue weighted by Crippen LogP contribution is -2.43. The van der Waals surface area contributed by atoms with Gasteiger partial charge in [-0.05, 0) is 67.9 Å². The summed E-state index contributed by atoms with van der Waals surface area (Å²) in [6.07, 6.45) is 9.72. The van der Waals surface area contributed by atoms with E-state index >= 15 is 4.39 Å². The lowest BCUT2D eigenvalue weighted by atomic mass is 9.95. The number of aromatic nitrogens is 7. The number of nitrogens with zero attached hydrogens (tertiary/aromatic N) is 10. The second kappa shape index (κ2) is 12.6. The Hall–Kier alpha value is -4.75. The minimum atomic E-state index is -0.570. The molecule has 3 aliphatic heterocycles. The Morgan fingerprint density at radius 2 is 1.94 bits per heavy atom. The summed E-state index contributed by atoms with van der Waals surface area (Å²) in [5, 5.41) is 14.4. The van der Waals surface area contributed by atoms with Gasteiger partial charge in [0.15, 0.2) is 11.6 Å².